The van der Waals surface area contributed by atoms with Crippen molar-refractivity contribution in [3.8, 4) is 5.75 Å². The molecule has 0 aromatic heterocycles. The number of nitrogens with zero attached hydrogens (tertiary/aromatic N) is 1. The van der Waals surface area contributed by atoms with Crippen LogP contribution in [0.4, 0.5) is 10.1 Å². The number of para-hydroxylation sites is 1. The molecule has 1 saturated heterocycles. The highest BCUT2D eigenvalue weighted by molar-refractivity contribution is 9.10. The number of fused-ring (bicyclic) bond motifs is 3. The molecule has 2 amide bonds. The summed E-state index contributed by atoms with van der Waals surface area (Å²) in [4.78, 5) is 54.9. The quantitative estimate of drug-likeness (QED) is 0.319. The number of benzene rings is 2. The molecule has 0 unspecified atom stereocenters. The number of allylic oxidation sites excluding steroid dienone is 6. The maximum Gasteiger partial charge on any atom is 0.238 e. The van der Waals surface area contributed by atoms with Gasteiger partial charge in [0.25, 0.3) is 0 Å². The van der Waals surface area contributed by atoms with Gasteiger partial charge in [-0.3, -0.25) is 24.1 Å². The molecule has 1 aliphatic heterocycles. The van der Waals surface area contributed by atoms with Crippen molar-refractivity contribution in [2.45, 2.75) is 25.7 Å². The molecule has 37 heavy (non-hydrogen) atoms. The molecule has 2 aromatic rings. The van der Waals surface area contributed by atoms with Crippen molar-refractivity contribution in [2.75, 3.05) is 4.90 Å². The van der Waals surface area contributed by atoms with Gasteiger partial charge in [0, 0.05) is 32.7 Å². The van der Waals surface area contributed by atoms with Gasteiger partial charge in [-0.05, 0) is 62.1 Å². The monoisotopic (exact) mass is 561 g/mol. The molecule has 2 aromatic carbocycles. The van der Waals surface area contributed by atoms with Crippen molar-refractivity contribution < 1.29 is 28.7 Å². The lowest BCUT2D eigenvalue weighted by Crippen LogP contribution is -2.39. The maximum atomic E-state index is 14.5. The van der Waals surface area contributed by atoms with Crippen LogP contribution >= 0.6 is 15.9 Å². The number of amides is 2. The minimum absolute atomic E-state index is 0.123. The molecule has 1 heterocycles. The minimum Gasteiger partial charge on any atom is -0.505 e. The zero-order chi connectivity index (χ0) is 26.2. The number of anilines is 1. The summed E-state index contributed by atoms with van der Waals surface area (Å²) in [5.74, 6) is -5.57. The van der Waals surface area contributed by atoms with E-state index in [4.69, 9.17) is 0 Å². The van der Waals surface area contributed by atoms with Crippen LogP contribution in [0.5, 0.6) is 5.75 Å². The number of carbonyl (C=O) groups is 4. The fourth-order valence-corrected chi connectivity index (χ4v) is 6.61. The van der Waals surface area contributed by atoms with Crippen LogP contribution in [-0.4, -0.2) is 28.5 Å². The molecule has 3 aliphatic carbocycles. The van der Waals surface area contributed by atoms with Crippen LogP contribution in [0.1, 0.15) is 31.2 Å². The van der Waals surface area contributed by atoms with Crippen LogP contribution in [0.15, 0.2) is 81.4 Å². The van der Waals surface area contributed by atoms with Gasteiger partial charge in [-0.2, -0.15) is 0 Å². The fraction of sp³-hybridized carbons (Fsp3) is 0.241. The molecule has 186 valence electrons. The topological polar surface area (TPSA) is 91.8 Å². The molecule has 6 rings (SSSR count). The van der Waals surface area contributed by atoms with Gasteiger partial charge < -0.3 is 5.11 Å². The van der Waals surface area contributed by atoms with Crippen LogP contribution in [0, 0.1) is 23.6 Å². The fourth-order valence-electron chi connectivity index (χ4n) is 6.35. The van der Waals surface area contributed by atoms with Crippen LogP contribution < -0.4 is 4.90 Å². The highest BCUT2D eigenvalue weighted by Gasteiger charge is 2.56. The first-order chi connectivity index (χ1) is 17.7. The van der Waals surface area contributed by atoms with E-state index in [2.05, 4.69) is 15.9 Å². The van der Waals surface area contributed by atoms with Crippen LogP contribution in [0.2, 0.25) is 0 Å². The first kappa shape index (κ1) is 23.7. The molecule has 8 heteroatoms. The van der Waals surface area contributed by atoms with Gasteiger partial charge in [-0.15, -0.1) is 0 Å². The molecule has 0 spiro atoms. The standard InChI is InChI=1S/C29H21BrFNO5/c1-13-11-22(33)25-20(26(13)34)12-19-16(23(25)17-3-2-4-21(31)27(17)35)9-10-18-24(19)29(37)32(28(18)36)15-7-5-14(30)6-8-15/h2-9,11,18-19,23-24,35H,10,12H2,1H3/t18-,19+,23+,24-/m0/s1. The molecule has 4 atom stereocenters. The Morgan fingerprint density at radius 2 is 1.73 bits per heavy atom. The second kappa shape index (κ2) is 8.45. The predicted octanol–water partition coefficient (Wildman–Crippen LogP) is 4.93. The van der Waals surface area contributed by atoms with Gasteiger partial charge in [0.1, 0.15) is 0 Å². The Balaban J connectivity index is 1.50. The first-order valence-corrected chi connectivity index (χ1v) is 12.8. The Bertz CT molecular complexity index is 1520. The van der Waals surface area contributed by atoms with Gasteiger partial charge >= 0.3 is 0 Å². The summed E-state index contributed by atoms with van der Waals surface area (Å²) in [6, 6.07) is 11.0. The van der Waals surface area contributed by atoms with E-state index in [1.165, 1.54) is 23.1 Å². The second-order valence-electron chi connectivity index (χ2n) is 9.89. The lowest BCUT2D eigenvalue weighted by molar-refractivity contribution is -0.123. The zero-order valence-corrected chi connectivity index (χ0v) is 21.3. The molecular weight excluding hydrogens is 541 g/mol. The van der Waals surface area contributed by atoms with Crippen molar-refractivity contribution in [3.63, 3.8) is 0 Å². The van der Waals surface area contributed by atoms with E-state index in [1.807, 2.05) is 6.08 Å². The van der Waals surface area contributed by atoms with Crippen LogP contribution in [0.3, 0.4) is 0 Å². The molecule has 4 aliphatic rings. The van der Waals surface area contributed by atoms with E-state index < -0.39 is 35.2 Å². The summed E-state index contributed by atoms with van der Waals surface area (Å²) in [5, 5.41) is 10.7. The lowest BCUT2D eigenvalue weighted by atomic mass is 9.59. The number of hydrogen-bond donors (Lipinski definition) is 1. The van der Waals surface area contributed by atoms with E-state index in [-0.39, 0.29) is 58.5 Å². The third-order valence-electron chi connectivity index (χ3n) is 7.98. The molecule has 1 N–H and O–H groups in total. The predicted molar refractivity (Wildman–Crippen MR) is 136 cm³/mol. The van der Waals surface area contributed by atoms with Crippen LogP contribution in [0.25, 0.3) is 0 Å². The number of hydrogen-bond acceptors (Lipinski definition) is 5. The SMILES string of the molecule is CC1=CC(=O)C2=C(C[C@@H]3C(=CC[C@@H]4C(=O)N(c5ccc(Br)cc5)C(=O)[C@@H]43)[C@@H]2c2cccc(F)c2O)C1=O. The van der Waals surface area contributed by atoms with Crippen molar-refractivity contribution in [3.05, 3.63) is 92.8 Å². The number of halogens is 2. The third-order valence-corrected chi connectivity index (χ3v) is 8.50. The summed E-state index contributed by atoms with van der Waals surface area (Å²) >= 11 is 3.37. The number of phenolic OH excluding ortho intramolecular Hbond substituents is 1. The van der Waals surface area contributed by atoms with Crippen molar-refractivity contribution in [2.24, 2.45) is 17.8 Å². The Labute approximate surface area is 220 Å². The highest BCUT2D eigenvalue weighted by atomic mass is 79.9. The Morgan fingerprint density at radius 1 is 1.00 bits per heavy atom. The van der Waals surface area contributed by atoms with Crippen molar-refractivity contribution in [1.82, 2.24) is 0 Å². The number of phenols is 1. The molecule has 1 fully saturated rings. The van der Waals surface area contributed by atoms with E-state index in [0.29, 0.717) is 11.3 Å². The summed E-state index contributed by atoms with van der Waals surface area (Å²) < 4.78 is 15.3. The number of imide groups is 1. The van der Waals surface area contributed by atoms with Crippen LogP contribution in [-0.2, 0) is 19.2 Å². The van der Waals surface area contributed by atoms with E-state index in [1.54, 1.807) is 31.2 Å². The highest BCUT2D eigenvalue weighted by Crippen LogP contribution is 2.56. The zero-order valence-electron chi connectivity index (χ0n) is 19.7. The first-order valence-electron chi connectivity index (χ1n) is 12.0. The van der Waals surface area contributed by atoms with Crippen molar-refractivity contribution >= 4 is 45.0 Å². The summed E-state index contributed by atoms with van der Waals surface area (Å²) in [5.41, 5.74) is 2.05. The molecular formula is C29H21BrFNO5. The second-order valence-corrected chi connectivity index (χ2v) is 10.8. The van der Waals surface area contributed by atoms with E-state index in [0.717, 1.165) is 10.5 Å². The minimum atomic E-state index is -0.893. The number of carbonyl (C=O) groups excluding carboxylic acids is 4. The van der Waals surface area contributed by atoms with Gasteiger partial charge in [-0.25, -0.2) is 4.39 Å². The Kier molecular flexibility index (Phi) is 5.42. The Hall–Kier alpha value is -3.65. The number of ketones is 2. The number of rotatable bonds is 2. The third kappa shape index (κ3) is 3.42. The van der Waals surface area contributed by atoms with Crippen molar-refractivity contribution in [1.29, 1.82) is 0 Å². The molecule has 6 nitrogen and oxygen atoms in total. The van der Waals surface area contributed by atoms with E-state index >= 15 is 0 Å². The number of Topliss-reactive ketones (excluding diaryl/α,β-unsaturated/α-hetero) is 1. The average Bonchev–Trinajstić information content (AvgIpc) is 3.13. The molecule has 0 radical (unpaired) electrons. The normalized spacial score (nSPS) is 27.1. The Morgan fingerprint density at radius 3 is 2.46 bits per heavy atom. The number of aromatic hydroxyl groups is 1. The summed E-state index contributed by atoms with van der Waals surface area (Å²) in [6.07, 6.45) is 3.50. The van der Waals surface area contributed by atoms with Gasteiger partial charge in [0.15, 0.2) is 23.1 Å². The molecule has 0 bridgehead atoms. The van der Waals surface area contributed by atoms with Gasteiger partial charge in [0.2, 0.25) is 11.8 Å². The lowest BCUT2D eigenvalue weighted by Gasteiger charge is -2.42. The summed E-state index contributed by atoms with van der Waals surface area (Å²) in [7, 11) is 0. The van der Waals surface area contributed by atoms with E-state index in [9.17, 15) is 28.7 Å². The largest absolute Gasteiger partial charge is 0.505 e. The average molecular weight is 562 g/mol. The molecule has 0 saturated carbocycles. The maximum absolute atomic E-state index is 14.5. The smallest absolute Gasteiger partial charge is 0.238 e. The van der Waals surface area contributed by atoms with Gasteiger partial charge in [0.05, 0.1) is 17.5 Å². The summed E-state index contributed by atoms with van der Waals surface area (Å²) in [6.45, 7) is 1.56. The van der Waals surface area contributed by atoms with Gasteiger partial charge in [-0.1, -0.05) is 39.7 Å².